The van der Waals surface area contributed by atoms with E-state index in [0.29, 0.717) is 27.5 Å². The number of halogens is 3. The molecule has 0 aliphatic carbocycles. The van der Waals surface area contributed by atoms with Crippen LogP contribution in [0.2, 0.25) is 0 Å². The Balaban J connectivity index is 1.52. The van der Waals surface area contributed by atoms with Crippen molar-refractivity contribution in [1.29, 1.82) is 0 Å². The van der Waals surface area contributed by atoms with Crippen LogP contribution in [-0.4, -0.2) is 23.8 Å². The van der Waals surface area contributed by atoms with Crippen molar-refractivity contribution < 1.29 is 35.9 Å². The summed E-state index contributed by atoms with van der Waals surface area (Å²) in [4.78, 5) is 11.5. The molecule has 10 heteroatoms. The summed E-state index contributed by atoms with van der Waals surface area (Å²) < 4.78 is 74.3. The average molecular weight is 608 g/mol. The second-order valence-electron chi connectivity index (χ2n) is 10.4. The standard InChI is InChI=1S/C33H28F3NO5S/c1-21-10-13-25-6-3-4-9-29(25)31(21)43(40,41)37(20-28-16-17-30(42-28)33(34,35)36)19-23-11-14-24(15-12-23)27-8-5-7-26(18-27)22(2)32(38)39/h3-18,22H,19-20H2,1-2H3,(H,38,39)/t22-/m1/s1. The van der Waals surface area contributed by atoms with Crippen LogP contribution in [0, 0.1) is 6.92 Å². The highest BCUT2D eigenvalue weighted by molar-refractivity contribution is 7.89. The quantitative estimate of drug-likeness (QED) is 0.183. The SMILES string of the molecule is Cc1ccc2ccccc2c1S(=O)(=O)N(Cc1ccc(-c2cccc([C@@H](C)C(=O)O)c2)cc1)Cc1ccc(C(F)(F)F)o1. The van der Waals surface area contributed by atoms with E-state index in [1.54, 1.807) is 86.6 Å². The second kappa shape index (κ2) is 11.7. The summed E-state index contributed by atoms with van der Waals surface area (Å²) in [5.41, 5.74) is 3.34. The average Bonchev–Trinajstić information content (AvgIpc) is 3.46. The van der Waals surface area contributed by atoms with E-state index < -0.39 is 40.4 Å². The number of aliphatic carboxylic acids is 1. The minimum Gasteiger partial charge on any atom is -0.481 e. The molecule has 43 heavy (non-hydrogen) atoms. The highest BCUT2D eigenvalue weighted by atomic mass is 32.2. The number of nitrogens with zero attached hydrogens (tertiary/aromatic N) is 1. The monoisotopic (exact) mass is 607 g/mol. The number of carboxylic acid groups (broad SMARTS) is 1. The zero-order chi connectivity index (χ0) is 30.9. The Labute approximate surface area is 247 Å². The van der Waals surface area contributed by atoms with Gasteiger partial charge >= 0.3 is 12.1 Å². The molecule has 0 fully saturated rings. The van der Waals surface area contributed by atoms with Gasteiger partial charge in [-0.15, -0.1) is 0 Å². The molecular weight excluding hydrogens is 579 g/mol. The number of benzene rings is 4. The Kier molecular flexibility index (Phi) is 8.18. The summed E-state index contributed by atoms with van der Waals surface area (Å²) in [6.07, 6.45) is -4.70. The molecule has 1 aromatic heterocycles. The van der Waals surface area contributed by atoms with Crippen molar-refractivity contribution in [2.24, 2.45) is 0 Å². The van der Waals surface area contributed by atoms with Gasteiger partial charge in [-0.25, -0.2) is 8.42 Å². The Bertz CT molecular complexity index is 1900. The first kappa shape index (κ1) is 30.1. The second-order valence-corrected chi connectivity index (χ2v) is 12.2. The molecule has 0 radical (unpaired) electrons. The van der Waals surface area contributed by atoms with Gasteiger partial charge in [-0.05, 0) is 59.2 Å². The molecule has 0 aliphatic heterocycles. The molecule has 0 unspecified atom stereocenters. The van der Waals surface area contributed by atoms with Gasteiger partial charge in [0, 0.05) is 11.9 Å². The smallest absolute Gasteiger partial charge is 0.449 e. The maximum atomic E-state index is 14.2. The van der Waals surface area contributed by atoms with Gasteiger partial charge in [0.25, 0.3) is 0 Å². The maximum Gasteiger partial charge on any atom is 0.449 e. The number of rotatable bonds is 9. The number of aryl methyl sites for hydroxylation is 1. The third kappa shape index (κ3) is 6.35. The first-order valence-corrected chi connectivity index (χ1v) is 14.8. The molecule has 0 saturated carbocycles. The fraction of sp³-hybridized carbons (Fsp3) is 0.182. The Morgan fingerprint density at radius 2 is 1.60 bits per heavy atom. The van der Waals surface area contributed by atoms with E-state index >= 15 is 0 Å². The van der Waals surface area contributed by atoms with Crippen molar-refractivity contribution in [3.8, 4) is 11.1 Å². The number of sulfonamides is 1. The van der Waals surface area contributed by atoms with E-state index in [1.165, 1.54) is 0 Å². The van der Waals surface area contributed by atoms with E-state index in [9.17, 15) is 31.5 Å². The summed E-state index contributed by atoms with van der Waals surface area (Å²) >= 11 is 0. The molecule has 4 aromatic carbocycles. The fourth-order valence-electron chi connectivity index (χ4n) is 4.97. The molecule has 6 nitrogen and oxygen atoms in total. The van der Waals surface area contributed by atoms with Crippen LogP contribution >= 0.6 is 0 Å². The van der Waals surface area contributed by atoms with Gasteiger partial charge in [0.05, 0.1) is 17.4 Å². The lowest BCUT2D eigenvalue weighted by Gasteiger charge is -2.24. The van der Waals surface area contributed by atoms with Crippen LogP contribution < -0.4 is 0 Å². The Morgan fingerprint density at radius 1 is 0.884 bits per heavy atom. The molecule has 1 heterocycles. The number of hydrogen-bond acceptors (Lipinski definition) is 4. The maximum absolute atomic E-state index is 14.2. The zero-order valence-electron chi connectivity index (χ0n) is 23.3. The van der Waals surface area contributed by atoms with Gasteiger partial charge in [0.1, 0.15) is 5.76 Å². The van der Waals surface area contributed by atoms with Crippen molar-refractivity contribution in [2.75, 3.05) is 0 Å². The van der Waals surface area contributed by atoms with Crippen LogP contribution in [0.4, 0.5) is 13.2 Å². The number of fused-ring (bicyclic) bond motifs is 1. The summed E-state index contributed by atoms with van der Waals surface area (Å²) in [5.74, 6) is -2.97. The van der Waals surface area contributed by atoms with Crippen LogP contribution in [-0.2, 0) is 34.1 Å². The third-order valence-corrected chi connectivity index (χ3v) is 9.35. The predicted octanol–water partition coefficient (Wildman–Crippen LogP) is 8.01. The van der Waals surface area contributed by atoms with Crippen LogP contribution in [0.3, 0.4) is 0 Å². The molecule has 0 spiro atoms. The Hall–Kier alpha value is -4.41. The van der Waals surface area contributed by atoms with Gasteiger partial charge < -0.3 is 9.52 Å². The highest BCUT2D eigenvalue weighted by Crippen LogP contribution is 2.34. The van der Waals surface area contributed by atoms with Crippen molar-refractivity contribution in [1.82, 2.24) is 4.31 Å². The minimum absolute atomic E-state index is 0.0780. The molecule has 222 valence electrons. The van der Waals surface area contributed by atoms with Crippen molar-refractivity contribution in [3.63, 3.8) is 0 Å². The molecular formula is C33H28F3NO5S. The van der Waals surface area contributed by atoms with Crippen LogP contribution in [0.5, 0.6) is 0 Å². The van der Waals surface area contributed by atoms with Gasteiger partial charge in [-0.1, -0.05) is 84.9 Å². The van der Waals surface area contributed by atoms with Crippen LogP contribution in [0.25, 0.3) is 21.9 Å². The topological polar surface area (TPSA) is 87.8 Å². The van der Waals surface area contributed by atoms with E-state index in [-0.39, 0.29) is 17.2 Å². The fourth-order valence-corrected chi connectivity index (χ4v) is 6.79. The normalized spacial score (nSPS) is 13.0. The van der Waals surface area contributed by atoms with Crippen molar-refractivity contribution in [3.05, 3.63) is 125 Å². The summed E-state index contributed by atoms with van der Waals surface area (Å²) in [7, 11) is -4.23. The highest BCUT2D eigenvalue weighted by Gasteiger charge is 2.36. The molecule has 0 amide bonds. The number of furan rings is 1. The third-order valence-electron chi connectivity index (χ3n) is 7.35. The van der Waals surface area contributed by atoms with Crippen molar-refractivity contribution >= 4 is 26.8 Å². The van der Waals surface area contributed by atoms with Crippen LogP contribution in [0.1, 0.15) is 41.1 Å². The number of hydrogen-bond donors (Lipinski definition) is 1. The van der Waals surface area contributed by atoms with Gasteiger partial charge in [0.2, 0.25) is 15.8 Å². The first-order valence-electron chi connectivity index (χ1n) is 13.4. The lowest BCUT2D eigenvalue weighted by atomic mass is 9.96. The van der Waals surface area contributed by atoms with Gasteiger partial charge in [-0.2, -0.15) is 17.5 Å². The number of alkyl halides is 3. The molecule has 5 rings (SSSR count). The first-order chi connectivity index (χ1) is 20.3. The molecule has 1 atom stereocenters. The van der Waals surface area contributed by atoms with Crippen molar-refractivity contribution in [2.45, 2.75) is 43.9 Å². The summed E-state index contributed by atoms with van der Waals surface area (Å²) in [6, 6.07) is 26.7. The number of carboxylic acids is 1. The number of carbonyl (C=O) groups is 1. The zero-order valence-corrected chi connectivity index (χ0v) is 24.1. The molecule has 5 aromatic rings. The lowest BCUT2D eigenvalue weighted by Crippen LogP contribution is -2.31. The molecule has 0 saturated heterocycles. The molecule has 1 N–H and O–H groups in total. The lowest BCUT2D eigenvalue weighted by molar-refractivity contribution is -0.153. The van der Waals surface area contributed by atoms with Gasteiger partial charge in [0.15, 0.2) is 0 Å². The predicted molar refractivity (Wildman–Crippen MR) is 157 cm³/mol. The summed E-state index contributed by atoms with van der Waals surface area (Å²) in [5, 5.41) is 10.6. The minimum atomic E-state index is -4.70. The van der Waals surface area contributed by atoms with E-state index in [2.05, 4.69) is 0 Å². The Morgan fingerprint density at radius 3 is 2.28 bits per heavy atom. The molecule has 0 bridgehead atoms. The van der Waals surface area contributed by atoms with Crippen LogP contribution in [0.15, 0.2) is 106 Å². The van der Waals surface area contributed by atoms with Gasteiger partial charge in [-0.3, -0.25) is 4.79 Å². The molecule has 0 aliphatic rings. The van der Waals surface area contributed by atoms with E-state index in [4.69, 9.17) is 4.42 Å². The van der Waals surface area contributed by atoms with E-state index in [1.807, 2.05) is 12.1 Å². The van der Waals surface area contributed by atoms with E-state index in [0.717, 1.165) is 27.6 Å². The largest absolute Gasteiger partial charge is 0.481 e. The summed E-state index contributed by atoms with van der Waals surface area (Å²) in [6.45, 7) is 2.73.